The van der Waals surface area contributed by atoms with Crippen molar-refractivity contribution in [1.82, 2.24) is 5.32 Å². The van der Waals surface area contributed by atoms with E-state index in [1.165, 1.54) is 19.1 Å². The highest BCUT2D eigenvalue weighted by atomic mass is 19.3. The van der Waals surface area contributed by atoms with Crippen molar-refractivity contribution in [3.05, 3.63) is 29.8 Å². The number of hydrogen-bond acceptors (Lipinski definition) is 3. The number of benzene rings is 1. The van der Waals surface area contributed by atoms with Gasteiger partial charge >= 0.3 is 5.92 Å². The molecule has 0 aliphatic heterocycles. The molecule has 106 valence electrons. The summed E-state index contributed by atoms with van der Waals surface area (Å²) >= 11 is 0. The molecule has 6 heteroatoms. The number of hydrogen-bond donors (Lipinski definition) is 2. The molecule has 4 nitrogen and oxygen atoms in total. The highest BCUT2D eigenvalue weighted by Crippen LogP contribution is 2.35. The van der Waals surface area contributed by atoms with Crippen molar-refractivity contribution in [2.75, 3.05) is 13.2 Å². The van der Waals surface area contributed by atoms with E-state index in [-0.39, 0.29) is 12.4 Å². The molecule has 2 N–H and O–H groups in total. The number of alkyl halides is 2. The van der Waals surface area contributed by atoms with Gasteiger partial charge in [0.05, 0.1) is 18.8 Å². The molecule has 0 aliphatic rings. The molecule has 0 saturated heterocycles. The zero-order valence-electron chi connectivity index (χ0n) is 10.8. The minimum atomic E-state index is -3.71. The number of carbonyl (C=O) groups excluding carboxylic acids is 1. The topological polar surface area (TPSA) is 58.6 Å². The number of aliphatic hydroxyl groups is 1. The van der Waals surface area contributed by atoms with Crippen molar-refractivity contribution in [2.45, 2.75) is 25.8 Å². The molecule has 0 fully saturated rings. The second-order valence-electron chi connectivity index (χ2n) is 4.06. The lowest BCUT2D eigenvalue weighted by Gasteiger charge is -2.21. The Morgan fingerprint density at radius 1 is 1.47 bits per heavy atom. The second-order valence-corrected chi connectivity index (χ2v) is 4.06. The normalized spacial score (nSPS) is 12.9. The number of aliphatic hydroxyl groups excluding tert-OH is 1. The summed E-state index contributed by atoms with van der Waals surface area (Å²) in [5.74, 6) is -5.20. The van der Waals surface area contributed by atoms with Gasteiger partial charge in [0.1, 0.15) is 5.75 Å². The molecule has 0 spiro atoms. The van der Waals surface area contributed by atoms with E-state index < -0.39 is 30.0 Å². The molecular weight excluding hydrogens is 256 g/mol. The van der Waals surface area contributed by atoms with Gasteiger partial charge in [-0.3, -0.25) is 4.79 Å². The van der Waals surface area contributed by atoms with Crippen LogP contribution in [0.1, 0.15) is 19.4 Å². The van der Waals surface area contributed by atoms with Gasteiger partial charge in [0.15, 0.2) is 0 Å². The third kappa shape index (κ3) is 3.64. The first kappa shape index (κ1) is 15.4. The summed E-state index contributed by atoms with van der Waals surface area (Å²) in [6.45, 7) is 2.92. The molecule has 1 amide bonds. The molecule has 1 unspecified atom stereocenters. The standard InChI is InChI=1S/C13H17F2NO3/c1-3-19-11-7-5-4-6-10(11)13(14,15)12(18)16-9(2)8-17/h4-7,9,17H,3,8H2,1-2H3,(H,16,18). The predicted molar refractivity (Wildman–Crippen MR) is 66.2 cm³/mol. The van der Waals surface area contributed by atoms with Crippen LogP contribution >= 0.6 is 0 Å². The lowest BCUT2D eigenvalue weighted by Crippen LogP contribution is -2.44. The Morgan fingerprint density at radius 2 is 2.11 bits per heavy atom. The van der Waals surface area contributed by atoms with Gasteiger partial charge in [-0.2, -0.15) is 8.78 Å². The van der Waals surface area contributed by atoms with Gasteiger partial charge < -0.3 is 15.2 Å². The van der Waals surface area contributed by atoms with Crippen LogP contribution in [0.3, 0.4) is 0 Å². The first-order valence-corrected chi connectivity index (χ1v) is 5.95. The van der Waals surface area contributed by atoms with E-state index in [0.717, 1.165) is 6.07 Å². The summed E-state index contributed by atoms with van der Waals surface area (Å²) in [5, 5.41) is 10.8. The van der Waals surface area contributed by atoms with Crippen LogP contribution in [-0.2, 0) is 10.7 Å². The summed E-state index contributed by atoms with van der Waals surface area (Å²) in [5.41, 5.74) is -0.487. The number of amides is 1. The Kier molecular flexibility index (Phi) is 5.23. The smallest absolute Gasteiger partial charge is 0.353 e. The van der Waals surface area contributed by atoms with E-state index in [2.05, 4.69) is 0 Å². The molecule has 1 aromatic carbocycles. The van der Waals surface area contributed by atoms with Crippen LogP contribution in [0, 0.1) is 0 Å². The van der Waals surface area contributed by atoms with Gasteiger partial charge in [-0.25, -0.2) is 0 Å². The number of rotatable bonds is 6. The molecule has 0 aromatic heterocycles. The van der Waals surface area contributed by atoms with Crippen molar-refractivity contribution in [3.8, 4) is 5.75 Å². The molecule has 1 atom stereocenters. The maximum atomic E-state index is 14.1. The van der Waals surface area contributed by atoms with E-state index >= 15 is 0 Å². The minimum Gasteiger partial charge on any atom is -0.493 e. The monoisotopic (exact) mass is 273 g/mol. The fraction of sp³-hybridized carbons (Fsp3) is 0.462. The van der Waals surface area contributed by atoms with Crippen molar-refractivity contribution in [1.29, 1.82) is 0 Å². The fourth-order valence-electron chi connectivity index (χ4n) is 1.49. The van der Waals surface area contributed by atoms with Gasteiger partial charge in [-0.1, -0.05) is 12.1 Å². The van der Waals surface area contributed by atoms with Gasteiger partial charge in [0, 0.05) is 6.04 Å². The average Bonchev–Trinajstić information content (AvgIpc) is 2.39. The van der Waals surface area contributed by atoms with E-state index in [1.807, 2.05) is 5.32 Å². The number of nitrogens with one attached hydrogen (secondary N) is 1. The highest BCUT2D eigenvalue weighted by molar-refractivity contribution is 5.85. The van der Waals surface area contributed by atoms with E-state index in [9.17, 15) is 13.6 Å². The van der Waals surface area contributed by atoms with Crippen molar-refractivity contribution in [2.24, 2.45) is 0 Å². The maximum absolute atomic E-state index is 14.1. The second kappa shape index (κ2) is 6.47. The van der Waals surface area contributed by atoms with E-state index in [0.29, 0.717) is 0 Å². The lowest BCUT2D eigenvalue weighted by atomic mass is 10.1. The Labute approximate surface area is 110 Å². The van der Waals surface area contributed by atoms with Gasteiger partial charge in [-0.05, 0) is 26.0 Å². The summed E-state index contributed by atoms with van der Waals surface area (Å²) in [4.78, 5) is 11.6. The predicted octanol–water partition coefficient (Wildman–Crippen LogP) is 1.67. The zero-order chi connectivity index (χ0) is 14.5. The average molecular weight is 273 g/mol. The van der Waals surface area contributed by atoms with Crippen LogP contribution in [0.15, 0.2) is 24.3 Å². The van der Waals surface area contributed by atoms with E-state index in [1.54, 1.807) is 13.0 Å². The van der Waals surface area contributed by atoms with Crippen LogP contribution in [0.25, 0.3) is 0 Å². The Morgan fingerprint density at radius 3 is 2.68 bits per heavy atom. The number of carbonyl (C=O) groups is 1. The van der Waals surface area contributed by atoms with Crippen LogP contribution in [0.5, 0.6) is 5.75 Å². The van der Waals surface area contributed by atoms with Crippen LogP contribution in [0.4, 0.5) is 8.78 Å². The summed E-state index contributed by atoms with van der Waals surface area (Å²) < 4.78 is 33.2. The fourth-order valence-corrected chi connectivity index (χ4v) is 1.49. The van der Waals surface area contributed by atoms with Crippen molar-refractivity contribution < 1.29 is 23.4 Å². The third-order valence-electron chi connectivity index (χ3n) is 2.46. The quantitative estimate of drug-likeness (QED) is 0.829. The van der Waals surface area contributed by atoms with Crippen LogP contribution in [0.2, 0.25) is 0 Å². The zero-order valence-corrected chi connectivity index (χ0v) is 10.8. The summed E-state index contributed by atoms with van der Waals surface area (Å²) in [7, 11) is 0. The molecule has 0 bridgehead atoms. The Hall–Kier alpha value is -1.69. The van der Waals surface area contributed by atoms with Crippen molar-refractivity contribution in [3.63, 3.8) is 0 Å². The van der Waals surface area contributed by atoms with E-state index in [4.69, 9.17) is 9.84 Å². The SMILES string of the molecule is CCOc1ccccc1C(F)(F)C(=O)NC(C)CO. The summed E-state index contributed by atoms with van der Waals surface area (Å²) in [6, 6.07) is 4.76. The maximum Gasteiger partial charge on any atom is 0.353 e. The number of ether oxygens (including phenoxy) is 1. The largest absolute Gasteiger partial charge is 0.493 e. The molecular formula is C13H17F2NO3. The lowest BCUT2D eigenvalue weighted by molar-refractivity contribution is -0.148. The first-order chi connectivity index (χ1) is 8.93. The minimum absolute atomic E-state index is 0.0261. The molecule has 19 heavy (non-hydrogen) atoms. The third-order valence-corrected chi connectivity index (χ3v) is 2.46. The number of para-hydroxylation sites is 1. The molecule has 1 rings (SSSR count). The van der Waals surface area contributed by atoms with Crippen molar-refractivity contribution >= 4 is 5.91 Å². The van der Waals surface area contributed by atoms with Gasteiger partial charge in [-0.15, -0.1) is 0 Å². The summed E-state index contributed by atoms with van der Waals surface area (Å²) in [6.07, 6.45) is 0. The first-order valence-electron chi connectivity index (χ1n) is 5.95. The molecule has 0 radical (unpaired) electrons. The molecule has 0 aliphatic carbocycles. The Balaban J connectivity index is 3.01. The van der Waals surface area contributed by atoms with Gasteiger partial charge in [0.25, 0.3) is 5.91 Å². The molecule has 1 aromatic rings. The van der Waals surface area contributed by atoms with Gasteiger partial charge in [0.2, 0.25) is 0 Å². The Bertz CT molecular complexity index is 438. The van der Waals surface area contributed by atoms with Crippen LogP contribution in [-0.4, -0.2) is 30.3 Å². The van der Waals surface area contributed by atoms with Crippen LogP contribution < -0.4 is 10.1 Å². The highest BCUT2D eigenvalue weighted by Gasteiger charge is 2.43. The number of halogens is 2. The molecule has 0 heterocycles. The molecule has 0 saturated carbocycles.